The lowest BCUT2D eigenvalue weighted by atomic mass is 10.0. The highest BCUT2D eigenvalue weighted by atomic mass is 19.1. The van der Waals surface area contributed by atoms with E-state index in [2.05, 4.69) is 20.7 Å². The number of azide groups is 1. The molecule has 2 aromatic carbocycles. The number of aliphatic hydroxyl groups is 1. The van der Waals surface area contributed by atoms with Gasteiger partial charge in [-0.1, -0.05) is 49.3 Å². The van der Waals surface area contributed by atoms with Crippen LogP contribution in [0.1, 0.15) is 25.8 Å². The van der Waals surface area contributed by atoms with Gasteiger partial charge in [-0.05, 0) is 17.0 Å². The number of aliphatic hydroxyl groups excluding tert-OH is 1. The van der Waals surface area contributed by atoms with Crippen LogP contribution in [0.15, 0.2) is 53.6 Å². The minimum Gasteiger partial charge on any atom is -0.493 e. The van der Waals surface area contributed by atoms with E-state index in [0.717, 1.165) is 17.7 Å². The fourth-order valence-electron chi connectivity index (χ4n) is 3.44. The van der Waals surface area contributed by atoms with Gasteiger partial charge in [0.05, 0.1) is 18.8 Å². The van der Waals surface area contributed by atoms with Crippen LogP contribution in [-0.4, -0.2) is 54.9 Å². The molecule has 0 fully saturated rings. The zero-order chi connectivity index (χ0) is 27.4. The normalized spacial score (nSPS) is 14.1. The number of halogens is 2. The number of nitrogens with one attached hydrogen (secondary N) is 2. The van der Waals surface area contributed by atoms with E-state index in [1.165, 1.54) is 7.11 Å². The maximum atomic E-state index is 13.4. The Morgan fingerprint density at radius 3 is 2.32 bits per heavy atom. The molecule has 0 aromatic heterocycles. The molecule has 2 aromatic rings. The standard InChI is InChI=1S/C25H31F2N5O5/c1-15(2)23(25(35)29-13-16-7-5-4-6-8-16)30-24(34)22(36-3)12-21(33)20(31-32-28)14-37-19-10-17(26)9-18(27)11-19/h4-11,15,20-23,33H,12-14H2,1-3H3,(H,29,35)(H,30,34)/t20-,21-,22+,23-/m0/s1. The van der Waals surface area contributed by atoms with E-state index < -0.39 is 48.4 Å². The quantitative estimate of drug-likeness (QED) is 0.199. The molecule has 0 saturated heterocycles. The van der Waals surface area contributed by atoms with Gasteiger partial charge >= 0.3 is 0 Å². The Kier molecular flexibility index (Phi) is 11.8. The van der Waals surface area contributed by atoms with Crippen LogP contribution < -0.4 is 15.4 Å². The average molecular weight is 520 g/mol. The number of ether oxygens (including phenoxy) is 2. The maximum Gasteiger partial charge on any atom is 0.249 e. The Balaban J connectivity index is 2.00. The smallest absolute Gasteiger partial charge is 0.249 e. The van der Waals surface area contributed by atoms with Crippen LogP contribution in [0.4, 0.5) is 8.78 Å². The third-order valence-electron chi connectivity index (χ3n) is 5.49. The van der Waals surface area contributed by atoms with Crippen LogP contribution in [0.5, 0.6) is 5.75 Å². The monoisotopic (exact) mass is 519 g/mol. The molecule has 37 heavy (non-hydrogen) atoms. The van der Waals surface area contributed by atoms with Crippen molar-refractivity contribution >= 4 is 11.8 Å². The molecule has 10 nitrogen and oxygen atoms in total. The van der Waals surface area contributed by atoms with Gasteiger partial charge in [0.2, 0.25) is 11.8 Å². The molecule has 200 valence electrons. The third-order valence-corrected chi connectivity index (χ3v) is 5.49. The van der Waals surface area contributed by atoms with Crippen molar-refractivity contribution in [3.8, 4) is 5.75 Å². The highest BCUT2D eigenvalue weighted by Crippen LogP contribution is 2.18. The second kappa shape index (κ2) is 14.7. The Hall–Kier alpha value is -3.73. The van der Waals surface area contributed by atoms with Crippen molar-refractivity contribution in [2.45, 2.75) is 51.1 Å². The van der Waals surface area contributed by atoms with Gasteiger partial charge in [0, 0.05) is 43.2 Å². The first kappa shape index (κ1) is 29.5. The molecule has 0 aliphatic heterocycles. The van der Waals surface area contributed by atoms with Gasteiger partial charge in [-0.2, -0.15) is 0 Å². The number of hydrogen-bond acceptors (Lipinski definition) is 6. The van der Waals surface area contributed by atoms with Gasteiger partial charge in [-0.15, -0.1) is 0 Å². The predicted molar refractivity (Wildman–Crippen MR) is 131 cm³/mol. The van der Waals surface area contributed by atoms with Gasteiger partial charge in [0.1, 0.15) is 29.5 Å². The molecule has 0 aliphatic rings. The first-order chi connectivity index (χ1) is 17.6. The maximum absolute atomic E-state index is 13.4. The summed E-state index contributed by atoms with van der Waals surface area (Å²) in [5, 5.41) is 19.5. The number of carbonyl (C=O) groups excluding carboxylic acids is 2. The Morgan fingerprint density at radius 2 is 1.76 bits per heavy atom. The molecule has 0 aliphatic carbocycles. The summed E-state index contributed by atoms with van der Waals surface area (Å²) in [6.45, 7) is 3.42. The fourth-order valence-corrected chi connectivity index (χ4v) is 3.44. The van der Waals surface area contributed by atoms with Gasteiger partial charge in [-0.3, -0.25) is 9.59 Å². The third kappa shape index (κ3) is 9.68. The number of carbonyl (C=O) groups is 2. The second-order valence-corrected chi connectivity index (χ2v) is 8.65. The minimum atomic E-state index is -1.41. The zero-order valence-electron chi connectivity index (χ0n) is 20.8. The zero-order valence-corrected chi connectivity index (χ0v) is 20.8. The molecule has 2 amide bonds. The van der Waals surface area contributed by atoms with Crippen molar-refractivity contribution < 1.29 is 33.0 Å². The Bertz CT molecular complexity index is 1060. The van der Waals surface area contributed by atoms with E-state index in [9.17, 15) is 23.5 Å². The van der Waals surface area contributed by atoms with Crippen molar-refractivity contribution in [3.63, 3.8) is 0 Å². The minimum absolute atomic E-state index is 0.162. The molecule has 4 atom stereocenters. The fraction of sp³-hybridized carbons (Fsp3) is 0.440. The summed E-state index contributed by atoms with van der Waals surface area (Å²) >= 11 is 0. The summed E-state index contributed by atoms with van der Waals surface area (Å²) in [5.41, 5.74) is 9.76. The lowest BCUT2D eigenvalue weighted by Gasteiger charge is -2.26. The molecular formula is C25H31F2N5O5. The van der Waals surface area contributed by atoms with Crippen LogP contribution >= 0.6 is 0 Å². The molecular weight excluding hydrogens is 488 g/mol. The molecule has 0 heterocycles. The summed E-state index contributed by atoms with van der Waals surface area (Å²) in [6, 6.07) is 9.75. The van der Waals surface area contributed by atoms with Crippen LogP contribution in [-0.2, 0) is 20.9 Å². The SMILES string of the molecule is CO[C@H](C[C@H](O)[C@H](COc1cc(F)cc(F)c1)N=[N+]=[N-])C(=O)N[C@H](C(=O)NCc1ccccc1)C(C)C. The first-order valence-corrected chi connectivity index (χ1v) is 11.6. The molecule has 0 bridgehead atoms. The highest BCUT2D eigenvalue weighted by molar-refractivity contribution is 5.89. The summed E-state index contributed by atoms with van der Waals surface area (Å²) < 4.78 is 37.2. The van der Waals surface area contributed by atoms with E-state index in [1.807, 2.05) is 30.3 Å². The number of nitrogens with zero attached hydrogens (tertiary/aromatic N) is 3. The van der Waals surface area contributed by atoms with E-state index >= 15 is 0 Å². The van der Waals surface area contributed by atoms with Crippen molar-refractivity contribution in [1.29, 1.82) is 0 Å². The van der Waals surface area contributed by atoms with E-state index in [0.29, 0.717) is 6.07 Å². The van der Waals surface area contributed by atoms with Crippen molar-refractivity contribution in [3.05, 3.63) is 76.2 Å². The molecule has 0 spiro atoms. The molecule has 2 rings (SSSR count). The summed E-state index contributed by atoms with van der Waals surface area (Å²) in [7, 11) is 1.26. The topological polar surface area (TPSA) is 146 Å². The average Bonchev–Trinajstić information content (AvgIpc) is 2.86. The first-order valence-electron chi connectivity index (χ1n) is 11.6. The van der Waals surface area contributed by atoms with Crippen molar-refractivity contribution in [1.82, 2.24) is 10.6 Å². The highest BCUT2D eigenvalue weighted by Gasteiger charge is 2.31. The van der Waals surface area contributed by atoms with E-state index in [1.54, 1.807) is 13.8 Å². The van der Waals surface area contributed by atoms with Crippen LogP contribution in [0.2, 0.25) is 0 Å². The molecule has 12 heteroatoms. The van der Waals surface area contributed by atoms with Gasteiger partial charge in [0.25, 0.3) is 0 Å². The van der Waals surface area contributed by atoms with Gasteiger partial charge < -0.3 is 25.2 Å². The van der Waals surface area contributed by atoms with Gasteiger partial charge in [-0.25, -0.2) is 8.78 Å². The van der Waals surface area contributed by atoms with Crippen LogP contribution in [0, 0.1) is 17.6 Å². The molecule has 0 unspecified atom stereocenters. The number of methoxy groups -OCH3 is 1. The van der Waals surface area contributed by atoms with Crippen molar-refractivity contribution in [2.75, 3.05) is 13.7 Å². The molecule has 0 radical (unpaired) electrons. The number of rotatable bonds is 14. The van der Waals surface area contributed by atoms with Gasteiger partial charge in [0.15, 0.2) is 0 Å². The Labute approximate surface area is 213 Å². The van der Waals surface area contributed by atoms with E-state index in [4.69, 9.17) is 15.0 Å². The predicted octanol–water partition coefficient (Wildman–Crippen LogP) is 3.25. The second-order valence-electron chi connectivity index (χ2n) is 8.65. The number of hydrogen-bond donors (Lipinski definition) is 3. The molecule has 3 N–H and O–H groups in total. The summed E-state index contributed by atoms with van der Waals surface area (Å²) in [6.07, 6.45) is -2.90. The largest absolute Gasteiger partial charge is 0.493 e. The van der Waals surface area contributed by atoms with Crippen LogP contribution in [0.3, 0.4) is 0 Å². The van der Waals surface area contributed by atoms with E-state index in [-0.39, 0.29) is 30.5 Å². The lowest BCUT2D eigenvalue weighted by Crippen LogP contribution is -2.53. The van der Waals surface area contributed by atoms with Crippen LogP contribution in [0.25, 0.3) is 10.4 Å². The van der Waals surface area contributed by atoms with Crippen molar-refractivity contribution in [2.24, 2.45) is 11.0 Å². The summed E-state index contributed by atoms with van der Waals surface area (Å²) in [5.74, 6) is -3.17. The lowest BCUT2D eigenvalue weighted by molar-refractivity contribution is -0.137. The molecule has 0 saturated carbocycles. The number of benzene rings is 2. The summed E-state index contributed by atoms with van der Waals surface area (Å²) in [4.78, 5) is 28.3. The number of amides is 2. The Morgan fingerprint density at radius 1 is 1.11 bits per heavy atom.